The van der Waals surface area contributed by atoms with Gasteiger partial charge in [0.1, 0.15) is 17.1 Å². The molecule has 1 fully saturated rings. The van der Waals surface area contributed by atoms with Crippen LogP contribution in [0.2, 0.25) is 0 Å². The van der Waals surface area contributed by atoms with Crippen LogP contribution in [0.5, 0.6) is 11.5 Å². The normalized spacial score (nSPS) is 18.7. The van der Waals surface area contributed by atoms with Gasteiger partial charge in [0.25, 0.3) is 0 Å². The molecular weight excluding hydrogens is 388 g/mol. The standard InChI is InChI=1S/C27H30O4/c1-20-9-14-26(31-20)19-30-27(21-7-5-4-6-8-21,22-10-15-24(28-2)16-11-22)23-12-17-25(29-3)18-13-23/h4-8,10-13,15-18,20,26H,9,14,19H2,1-3H3/t20-,26-/m0/s1. The first-order valence-corrected chi connectivity index (χ1v) is 10.8. The molecule has 0 N–H and O–H groups in total. The summed E-state index contributed by atoms with van der Waals surface area (Å²) in [5.41, 5.74) is 2.36. The zero-order valence-corrected chi connectivity index (χ0v) is 18.4. The molecule has 4 rings (SSSR count). The van der Waals surface area contributed by atoms with Crippen LogP contribution in [0, 0.1) is 0 Å². The molecule has 1 aliphatic rings. The first kappa shape index (κ1) is 21.4. The first-order chi connectivity index (χ1) is 15.2. The topological polar surface area (TPSA) is 36.9 Å². The van der Waals surface area contributed by atoms with Gasteiger partial charge in [-0.15, -0.1) is 0 Å². The lowest BCUT2D eigenvalue weighted by Gasteiger charge is -2.37. The molecule has 4 heteroatoms. The predicted octanol–water partition coefficient (Wildman–Crippen LogP) is 5.58. The molecule has 162 valence electrons. The quantitative estimate of drug-likeness (QED) is 0.448. The molecule has 0 aromatic heterocycles. The third-order valence-corrected chi connectivity index (χ3v) is 5.98. The first-order valence-electron chi connectivity index (χ1n) is 10.8. The molecule has 0 bridgehead atoms. The van der Waals surface area contributed by atoms with Crippen LogP contribution in [0.15, 0.2) is 78.9 Å². The highest BCUT2D eigenvalue weighted by atomic mass is 16.6. The van der Waals surface area contributed by atoms with E-state index in [0.29, 0.717) is 6.61 Å². The van der Waals surface area contributed by atoms with Crippen LogP contribution in [0.3, 0.4) is 0 Å². The van der Waals surface area contributed by atoms with E-state index in [0.717, 1.165) is 41.0 Å². The van der Waals surface area contributed by atoms with E-state index >= 15 is 0 Å². The third-order valence-electron chi connectivity index (χ3n) is 5.98. The van der Waals surface area contributed by atoms with Gasteiger partial charge < -0.3 is 18.9 Å². The molecule has 0 spiro atoms. The monoisotopic (exact) mass is 418 g/mol. The number of ether oxygens (including phenoxy) is 4. The smallest absolute Gasteiger partial charge is 0.143 e. The summed E-state index contributed by atoms with van der Waals surface area (Å²) in [6.07, 6.45) is 2.45. The molecule has 4 nitrogen and oxygen atoms in total. The zero-order valence-electron chi connectivity index (χ0n) is 18.4. The van der Waals surface area contributed by atoms with Crippen molar-refractivity contribution in [1.29, 1.82) is 0 Å². The van der Waals surface area contributed by atoms with Gasteiger partial charge >= 0.3 is 0 Å². The van der Waals surface area contributed by atoms with Crippen LogP contribution in [0.1, 0.15) is 36.5 Å². The Hall–Kier alpha value is -2.82. The summed E-state index contributed by atoms with van der Waals surface area (Å²) < 4.78 is 23.7. The summed E-state index contributed by atoms with van der Waals surface area (Å²) in [7, 11) is 3.36. The van der Waals surface area contributed by atoms with Crippen molar-refractivity contribution in [2.45, 2.75) is 37.6 Å². The van der Waals surface area contributed by atoms with Crippen molar-refractivity contribution >= 4 is 0 Å². The lowest BCUT2D eigenvalue weighted by atomic mass is 9.80. The maximum absolute atomic E-state index is 6.86. The molecule has 0 radical (unpaired) electrons. The van der Waals surface area contributed by atoms with Crippen molar-refractivity contribution in [3.8, 4) is 11.5 Å². The average molecular weight is 419 g/mol. The molecule has 0 aliphatic carbocycles. The summed E-state index contributed by atoms with van der Waals surface area (Å²) >= 11 is 0. The number of hydrogen-bond donors (Lipinski definition) is 0. The number of benzene rings is 3. The Labute approximate surface area is 184 Å². The van der Waals surface area contributed by atoms with Crippen LogP contribution < -0.4 is 9.47 Å². The van der Waals surface area contributed by atoms with Crippen molar-refractivity contribution in [3.63, 3.8) is 0 Å². The lowest BCUT2D eigenvalue weighted by Crippen LogP contribution is -2.35. The largest absolute Gasteiger partial charge is 0.497 e. The minimum Gasteiger partial charge on any atom is -0.497 e. The summed E-state index contributed by atoms with van der Waals surface area (Å²) in [5.74, 6) is 1.63. The van der Waals surface area contributed by atoms with Gasteiger partial charge in [0, 0.05) is 0 Å². The molecule has 0 saturated carbocycles. The number of hydrogen-bond acceptors (Lipinski definition) is 4. The Morgan fingerprint density at radius 2 is 1.26 bits per heavy atom. The summed E-state index contributed by atoms with van der Waals surface area (Å²) in [5, 5.41) is 0. The van der Waals surface area contributed by atoms with E-state index in [1.807, 2.05) is 30.3 Å². The van der Waals surface area contributed by atoms with Gasteiger partial charge in [0.2, 0.25) is 0 Å². The summed E-state index contributed by atoms with van der Waals surface area (Å²) in [6, 6.07) is 26.6. The second kappa shape index (κ2) is 9.54. The van der Waals surface area contributed by atoms with E-state index in [2.05, 4.69) is 55.5 Å². The fourth-order valence-electron chi connectivity index (χ4n) is 4.30. The summed E-state index contributed by atoms with van der Waals surface area (Å²) in [6.45, 7) is 2.63. The van der Waals surface area contributed by atoms with E-state index in [4.69, 9.17) is 18.9 Å². The van der Waals surface area contributed by atoms with Crippen molar-refractivity contribution in [1.82, 2.24) is 0 Å². The van der Waals surface area contributed by atoms with Gasteiger partial charge in [0.05, 0.1) is 33.0 Å². The van der Waals surface area contributed by atoms with Crippen molar-refractivity contribution in [3.05, 3.63) is 95.6 Å². The fourth-order valence-corrected chi connectivity index (χ4v) is 4.30. The SMILES string of the molecule is COc1ccc(C(OC[C@@H]2CC[C@H](C)O2)(c2ccccc2)c2ccc(OC)cc2)cc1. The minimum atomic E-state index is -0.783. The molecule has 3 aromatic rings. The second-order valence-electron chi connectivity index (χ2n) is 7.96. The highest BCUT2D eigenvalue weighted by Gasteiger charge is 2.39. The molecule has 2 atom stereocenters. The molecule has 0 unspecified atom stereocenters. The Morgan fingerprint density at radius 3 is 1.71 bits per heavy atom. The predicted molar refractivity (Wildman–Crippen MR) is 122 cm³/mol. The fraction of sp³-hybridized carbons (Fsp3) is 0.333. The number of rotatable bonds is 8. The highest BCUT2D eigenvalue weighted by molar-refractivity contribution is 5.49. The van der Waals surface area contributed by atoms with Crippen molar-refractivity contribution in [2.24, 2.45) is 0 Å². The zero-order chi connectivity index (χ0) is 21.7. The van der Waals surface area contributed by atoms with Crippen molar-refractivity contribution in [2.75, 3.05) is 20.8 Å². The van der Waals surface area contributed by atoms with Crippen LogP contribution >= 0.6 is 0 Å². The van der Waals surface area contributed by atoms with Crippen LogP contribution in [0.25, 0.3) is 0 Å². The molecule has 0 amide bonds. The Balaban J connectivity index is 1.83. The van der Waals surface area contributed by atoms with Gasteiger partial charge in [-0.25, -0.2) is 0 Å². The Bertz CT molecular complexity index is 903. The maximum atomic E-state index is 6.86. The molecule has 31 heavy (non-hydrogen) atoms. The van der Waals surface area contributed by atoms with Crippen LogP contribution in [0.4, 0.5) is 0 Å². The van der Waals surface area contributed by atoms with Gasteiger partial charge in [-0.05, 0) is 60.7 Å². The summed E-state index contributed by atoms with van der Waals surface area (Å²) in [4.78, 5) is 0. The van der Waals surface area contributed by atoms with E-state index in [1.165, 1.54) is 0 Å². The molecular formula is C27H30O4. The van der Waals surface area contributed by atoms with Crippen molar-refractivity contribution < 1.29 is 18.9 Å². The van der Waals surface area contributed by atoms with Gasteiger partial charge in [-0.3, -0.25) is 0 Å². The number of methoxy groups -OCH3 is 2. The molecule has 1 aliphatic heterocycles. The van der Waals surface area contributed by atoms with E-state index < -0.39 is 5.60 Å². The molecule has 1 saturated heterocycles. The van der Waals surface area contributed by atoms with Gasteiger partial charge in [0.15, 0.2) is 0 Å². The second-order valence-corrected chi connectivity index (χ2v) is 7.96. The van der Waals surface area contributed by atoms with E-state index in [9.17, 15) is 0 Å². The van der Waals surface area contributed by atoms with Crippen LogP contribution in [-0.2, 0) is 15.1 Å². The lowest BCUT2D eigenvalue weighted by molar-refractivity contribution is -0.0586. The highest BCUT2D eigenvalue weighted by Crippen LogP contribution is 2.42. The Morgan fingerprint density at radius 1 is 0.742 bits per heavy atom. The molecule has 3 aromatic carbocycles. The maximum Gasteiger partial charge on any atom is 0.143 e. The average Bonchev–Trinajstić information content (AvgIpc) is 3.26. The Kier molecular flexibility index (Phi) is 6.59. The molecule has 1 heterocycles. The van der Waals surface area contributed by atoms with Gasteiger partial charge in [-0.1, -0.05) is 54.6 Å². The van der Waals surface area contributed by atoms with Crippen LogP contribution in [-0.4, -0.2) is 33.0 Å². The minimum absolute atomic E-state index is 0.0922. The van der Waals surface area contributed by atoms with E-state index in [-0.39, 0.29) is 12.2 Å². The van der Waals surface area contributed by atoms with E-state index in [1.54, 1.807) is 14.2 Å². The third kappa shape index (κ3) is 4.46. The van der Waals surface area contributed by atoms with Gasteiger partial charge in [-0.2, -0.15) is 0 Å².